The van der Waals surface area contributed by atoms with Crippen LogP contribution in [0.4, 0.5) is 0 Å². The lowest BCUT2D eigenvalue weighted by Crippen LogP contribution is -2.25. The van der Waals surface area contributed by atoms with Crippen molar-refractivity contribution in [1.82, 2.24) is 5.32 Å². The molecule has 0 aliphatic carbocycles. The van der Waals surface area contributed by atoms with Gasteiger partial charge in [-0.15, -0.1) is 0 Å². The van der Waals surface area contributed by atoms with Crippen molar-refractivity contribution in [1.29, 1.82) is 0 Å². The SMILES string of the molecule is CCNC(CC1CCSCC1)c1cccc2ccccc12. The van der Waals surface area contributed by atoms with Gasteiger partial charge in [-0.2, -0.15) is 11.8 Å². The standard InChI is InChI=1S/C19H25NS/c1-2-20-19(14-15-10-12-21-13-11-15)18-9-5-7-16-6-3-4-8-17(16)18/h3-9,15,19-20H,2,10-14H2,1H3. The zero-order valence-electron chi connectivity index (χ0n) is 12.8. The summed E-state index contributed by atoms with van der Waals surface area (Å²) in [5.74, 6) is 3.58. The Balaban J connectivity index is 1.87. The van der Waals surface area contributed by atoms with E-state index in [0.29, 0.717) is 6.04 Å². The highest BCUT2D eigenvalue weighted by atomic mass is 32.2. The van der Waals surface area contributed by atoms with Crippen LogP contribution in [0.5, 0.6) is 0 Å². The van der Waals surface area contributed by atoms with E-state index in [1.807, 2.05) is 0 Å². The normalized spacial score (nSPS) is 18.0. The molecule has 2 aromatic rings. The maximum absolute atomic E-state index is 3.73. The number of hydrogen-bond acceptors (Lipinski definition) is 2. The summed E-state index contributed by atoms with van der Waals surface area (Å²) in [5.41, 5.74) is 1.48. The van der Waals surface area contributed by atoms with Crippen molar-refractivity contribution in [2.75, 3.05) is 18.1 Å². The topological polar surface area (TPSA) is 12.0 Å². The van der Waals surface area contributed by atoms with Gasteiger partial charge < -0.3 is 5.32 Å². The average Bonchev–Trinajstić information content (AvgIpc) is 2.55. The van der Waals surface area contributed by atoms with Gasteiger partial charge in [0.25, 0.3) is 0 Å². The van der Waals surface area contributed by atoms with Crippen LogP contribution in [-0.2, 0) is 0 Å². The molecular weight excluding hydrogens is 274 g/mol. The molecule has 21 heavy (non-hydrogen) atoms. The summed E-state index contributed by atoms with van der Waals surface area (Å²) in [7, 11) is 0. The van der Waals surface area contributed by atoms with Gasteiger partial charge in [0.1, 0.15) is 0 Å². The number of hydrogen-bond donors (Lipinski definition) is 1. The number of rotatable bonds is 5. The first kappa shape index (κ1) is 14.9. The van der Waals surface area contributed by atoms with E-state index in [1.165, 1.54) is 47.1 Å². The van der Waals surface area contributed by atoms with Gasteiger partial charge in [0, 0.05) is 6.04 Å². The number of thioether (sulfide) groups is 1. The van der Waals surface area contributed by atoms with Crippen LogP contribution in [0.25, 0.3) is 10.8 Å². The minimum atomic E-state index is 0.495. The zero-order valence-corrected chi connectivity index (χ0v) is 13.7. The fourth-order valence-electron chi connectivity index (χ4n) is 3.44. The lowest BCUT2D eigenvalue weighted by Gasteiger charge is -2.28. The van der Waals surface area contributed by atoms with E-state index in [-0.39, 0.29) is 0 Å². The summed E-state index contributed by atoms with van der Waals surface area (Å²) in [6.45, 7) is 3.25. The van der Waals surface area contributed by atoms with Gasteiger partial charge in [0.2, 0.25) is 0 Å². The first-order valence-electron chi connectivity index (χ1n) is 8.17. The summed E-state index contributed by atoms with van der Waals surface area (Å²) in [4.78, 5) is 0. The molecule has 1 unspecified atom stereocenters. The number of fused-ring (bicyclic) bond motifs is 1. The second-order valence-electron chi connectivity index (χ2n) is 5.97. The quantitative estimate of drug-likeness (QED) is 0.831. The molecule has 0 bridgehead atoms. The first-order chi connectivity index (χ1) is 10.4. The van der Waals surface area contributed by atoms with E-state index < -0.39 is 0 Å². The van der Waals surface area contributed by atoms with Gasteiger partial charge in [0.05, 0.1) is 0 Å². The molecule has 112 valence electrons. The lowest BCUT2D eigenvalue weighted by atomic mass is 9.88. The molecule has 0 saturated carbocycles. The lowest BCUT2D eigenvalue weighted by molar-refractivity contribution is 0.376. The minimum Gasteiger partial charge on any atom is -0.310 e. The first-order valence-corrected chi connectivity index (χ1v) is 9.32. The highest BCUT2D eigenvalue weighted by molar-refractivity contribution is 7.99. The minimum absolute atomic E-state index is 0.495. The van der Waals surface area contributed by atoms with E-state index in [9.17, 15) is 0 Å². The van der Waals surface area contributed by atoms with Gasteiger partial charge >= 0.3 is 0 Å². The molecular formula is C19H25NS. The Bertz CT molecular complexity index is 569. The van der Waals surface area contributed by atoms with Crippen molar-refractivity contribution in [3.8, 4) is 0 Å². The fourth-order valence-corrected chi connectivity index (χ4v) is 4.64. The molecule has 2 aromatic carbocycles. The summed E-state index contributed by atoms with van der Waals surface area (Å²) in [5, 5.41) is 6.50. The van der Waals surface area contributed by atoms with E-state index in [2.05, 4.69) is 66.5 Å². The van der Waals surface area contributed by atoms with Crippen LogP contribution in [0.3, 0.4) is 0 Å². The smallest absolute Gasteiger partial charge is 0.0328 e. The molecule has 3 rings (SSSR count). The highest BCUT2D eigenvalue weighted by Crippen LogP contribution is 2.33. The van der Waals surface area contributed by atoms with Crippen LogP contribution in [0.15, 0.2) is 42.5 Å². The van der Waals surface area contributed by atoms with Gasteiger partial charge in [-0.3, -0.25) is 0 Å². The molecule has 1 aliphatic heterocycles. The molecule has 0 aromatic heterocycles. The Kier molecular flexibility index (Phi) is 5.21. The third-order valence-corrected chi connectivity index (χ3v) is 5.61. The molecule has 1 N–H and O–H groups in total. The highest BCUT2D eigenvalue weighted by Gasteiger charge is 2.21. The zero-order chi connectivity index (χ0) is 14.5. The molecule has 0 amide bonds. The largest absolute Gasteiger partial charge is 0.310 e. The maximum atomic E-state index is 3.73. The van der Waals surface area contributed by atoms with Crippen LogP contribution < -0.4 is 5.32 Å². The van der Waals surface area contributed by atoms with Crippen LogP contribution in [0.2, 0.25) is 0 Å². The molecule has 1 nitrogen and oxygen atoms in total. The van der Waals surface area contributed by atoms with Gasteiger partial charge in [-0.25, -0.2) is 0 Å². The van der Waals surface area contributed by atoms with Crippen molar-refractivity contribution in [3.05, 3.63) is 48.0 Å². The van der Waals surface area contributed by atoms with Crippen molar-refractivity contribution >= 4 is 22.5 Å². The number of nitrogens with one attached hydrogen (secondary N) is 1. The monoisotopic (exact) mass is 299 g/mol. The molecule has 1 saturated heterocycles. The van der Waals surface area contributed by atoms with E-state index in [0.717, 1.165) is 12.5 Å². The molecule has 0 radical (unpaired) electrons. The Morgan fingerprint density at radius 1 is 1.10 bits per heavy atom. The molecule has 1 atom stereocenters. The molecule has 0 spiro atoms. The summed E-state index contributed by atoms with van der Waals surface area (Å²) >= 11 is 2.12. The third-order valence-electron chi connectivity index (χ3n) is 4.56. The Labute approximate surface area is 132 Å². The van der Waals surface area contributed by atoms with Crippen LogP contribution in [-0.4, -0.2) is 18.1 Å². The average molecular weight is 299 g/mol. The fraction of sp³-hybridized carbons (Fsp3) is 0.474. The Hall–Kier alpha value is -0.990. The Morgan fingerprint density at radius 3 is 2.67 bits per heavy atom. The Morgan fingerprint density at radius 2 is 1.86 bits per heavy atom. The van der Waals surface area contributed by atoms with Gasteiger partial charge in [0.15, 0.2) is 0 Å². The number of benzene rings is 2. The second kappa shape index (κ2) is 7.33. The van der Waals surface area contributed by atoms with Crippen LogP contribution in [0, 0.1) is 5.92 Å². The van der Waals surface area contributed by atoms with Crippen molar-refractivity contribution in [2.45, 2.75) is 32.2 Å². The van der Waals surface area contributed by atoms with Gasteiger partial charge in [-0.1, -0.05) is 49.4 Å². The predicted molar refractivity (Wildman–Crippen MR) is 95.0 cm³/mol. The summed E-state index contributed by atoms with van der Waals surface area (Å²) in [6, 6.07) is 16.0. The van der Waals surface area contributed by atoms with Gasteiger partial charge in [-0.05, 0) is 59.6 Å². The second-order valence-corrected chi connectivity index (χ2v) is 7.19. The summed E-state index contributed by atoms with van der Waals surface area (Å²) < 4.78 is 0. The molecule has 1 heterocycles. The molecule has 1 aliphatic rings. The maximum Gasteiger partial charge on any atom is 0.0328 e. The van der Waals surface area contributed by atoms with Crippen molar-refractivity contribution in [2.24, 2.45) is 5.92 Å². The third kappa shape index (κ3) is 3.61. The van der Waals surface area contributed by atoms with E-state index >= 15 is 0 Å². The summed E-state index contributed by atoms with van der Waals surface area (Å²) in [6.07, 6.45) is 4.05. The van der Waals surface area contributed by atoms with E-state index in [4.69, 9.17) is 0 Å². The van der Waals surface area contributed by atoms with Crippen molar-refractivity contribution < 1.29 is 0 Å². The van der Waals surface area contributed by atoms with Crippen LogP contribution in [0.1, 0.15) is 37.8 Å². The van der Waals surface area contributed by atoms with Crippen molar-refractivity contribution in [3.63, 3.8) is 0 Å². The van der Waals surface area contributed by atoms with E-state index in [1.54, 1.807) is 0 Å². The van der Waals surface area contributed by atoms with Crippen LogP contribution >= 0.6 is 11.8 Å². The predicted octanol–water partition coefficient (Wildman–Crippen LogP) is 5.02. The molecule has 1 fully saturated rings. The molecule has 2 heteroatoms.